The standard InChI is InChI=1S/C29H36O9/c1-20-11-24(36-17-31-2)28(25(12-20)37-18-32-3)29(30)27-22(16-35-15-21-9-7-6-8-10-21)13-23(34-5)14-26(27)38-19-33-4/h6-14,29-30H,15-19H2,1-5H3. The monoisotopic (exact) mass is 528 g/mol. The zero-order valence-corrected chi connectivity index (χ0v) is 22.5. The maximum atomic E-state index is 11.9. The van der Waals surface area contributed by atoms with Gasteiger partial charge >= 0.3 is 0 Å². The smallest absolute Gasteiger partial charge is 0.188 e. The zero-order valence-electron chi connectivity index (χ0n) is 22.5. The highest BCUT2D eigenvalue weighted by atomic mass is 16.7. The number of benzene rings is 3. The summed E-state index contributed by atoms with van der Waals surface area (Å²) >= 11 is 0. The van der Waals surface area contributed by atoms with Gasteiger partial charge in [-0.1, -0.05) is 30.3 Å². The van der Waals surface area contributed by atoms with Gasteiger partial charge in [0.2, 0.25) is 0 Å². The number of rotatable bonds is 16. The van der Waals surface area contributed by atoms with Crippen molar-refractivity contribution in [1.29, 1.82) is 0 Å². The predicted octanol–water partition coefficient (Wildman–Crippen LogP) is 4.75. The van der Waals surface area contributed by atoms with E-state index in [1.807, 2.05) is 55.5 Å². The van der Waals surface area contributed by atoms with Gasteiger partial charge in [-0.25, -0.2) is 0 Å². The molecule has 1 N–H and O–H groups in total. The van der Waals surface area contributed by atoms with Crippen LogP contribution in [-0.2, 0) is 32.2 Å². The SMILES string of the molecule is COCOc1cc(OC)cc(COCc2ccccc2)c1C(O)c1c(OCOC)cc(C)cc1OCOC. The van der Waals surface area contributed by atoms with E-state index in [2.05, 4.69) is 0 Å². The van der Waals surface area contributed by atoms with E-state index in [-0.39, 0.29) is 27.0 Å². The molecule has 0 aromatic heterocycles. The summed E-state index contributed by atoms with van der Waals surface area (Å²) in [4.78, 5) is 0. The Bertz CT molecular complexity index is 1110. The van der Waals surface area contributed by atoms with Crippen molar-refractivity contribution in [1.82, 2.24) is 0 Å². The lowest BCUT2D eigenvalue weighted by Crippen LogP contribution is -2.14. The van der Waals surface area contributed by atoms with Crippen LogP contribution in [0.1, 0.15) is 33.9 Å². The highest BCUT2D eigenvalue weighted by Crippen LogP contribution is 2.44. The molecule has 9 heteroatoms. The molecule has 3 aromatic rings. The molecule has 0 aliphatic rings. The van der Waals surface area contributed by atoms with E-state index in [1.54, 1.807) is 13.2 Å². The summed E-state index contributed by atoms with van der Waals surface area (Å²) in [6.45, 7) is 2.39. The van der Waals surface area contributed by atoms with Crippen LogP contribution in [0.15, 0.2) is 54.6 Å². The maximum Gasteiger partial charge on any atom is 0.188 e. The van der Waals surface area contributed by atoms with Crippen LogP contribution >= 0.6 is 0 Å². The number of ether oxygens (including phenoxy) is 8. The first kappa shape index (κ1) is 29.2. The van der Waals surface area contributed by atoms with Crippen LogP contribution in [0.3, 0.4) is 0 Å². The molecule has 0 radical (unpaired) electrons. The zero-order chi connectivity index (χ0) is 27.3. The third-order valence-corrected chi connectivity index (χ3v) is 5.60. The van der Waals surface area contributed by atoms with E-state index in [4.69, 9.17) is 37.9 Å². The number of aliphatic hydroxyl groups is 1. The van der Waals surface area contributed by atoms with E-state index >= 15 is 0 Å². The summed E-state index contributed by atoms with van der Waals surface area (Å²) in [6.07, 6.45) is -1.23. The highest BCUT2D eigenvalue weighted by molar-refractivity contribution is 5.57. The van der Waals surface area contributed by atoms with Crippen molar-refractivity contribution >= 4 is 0 Å². The topological polar surface area (TPSA) is 94.1 Å². The van der Waals surface area contributed by atoms with Gasteiger partial charge in [-0.2, -0.15) is 0 Å². The average Bonchev–Trinajstić information content (AvgIpc) is 2.93. The van der Waals surface area contributed by atoms with Crippen LogP contribution in [0.2, 0.25) is 0 Å². The fourth-order valence-electron chi connectivity index (χ4n) is 3.93. The van der Waals surface area contributed by atoms with E-state index in [1.165, 1.54) is 21.3 Å². The lowest BCUT2D eigenvalue weighted by molar-refractivity contribution is 0.0398. The van der Waals surface area contributed by atoms with Crippen LogP contribution < -0.4 is 18.9 Å². The highest BCUT2D eigenvalue weighted by Gasteiger charge is 2.28. The van der Waals surface area contributed by atoms with Gasteiger partial charge in [-0.15, -0.1) is 0 Å². The molecule has 0 bridgehead atoms. The summed E-state index contributed by atoms with van der Waals surface area (Å²) in [6, 6.07) is 16.9. The van der Waals surface area contributed by atoms with Crippen LogP contribution in [0.5, 0.6) is 23.0 Å². The second kappa shape index (κ2) is 15.2. The molecule has 1 atom stereocenters. The fraction of sp³-hybridized carbons (Fsp3) is 0.379. The molecule has 3 rings (SSSR count). The Kier molecular flexibility index (Phi) is 11.7. The molecule has 0 spiro atoms. The molecule has 0 fully saturated rings. The van der Waals surface area contributed by atoms with Crippen LogP contribution in [0.4, 0.5) is 0 Å². The molecule has 1 unspecified atom stereocenters. The van der Waals surface area contributed by atoms with Gasteiger partial charge < -0.3 is 43.0 Å². The lowest BCUT2D eigenvalue weighted by Gasteiger charge is -2.25. The van der Waals surface area contributed by atoms with Crippen molar-refractivity contribution < 1.29 is 43.0 Å². The second-order valence-electron chi connectivity index (χ2n) is 8.41. The van der Waals surface area contributed by atoms with Crippen molar-refractivity contribution in [3.63, 3.8) is 0 Å². The van der Waals surface area contributed by atoms with Gasteiger partial charge in [-0.3, -0.25) is 0 Å². The number of methoxy groups -OCH3 is 4. The number of hydrogen-bond donors (Lipinski definition) is 1. The van der Waals surface area contributed by atoms with E-state index in [0.29, 0.717) is 46.3 Å². The van der Waals surface area contributed by atoms with Crippen molar-refractivity contribution in [2.75, 3.05) is 48.8 Å². The molecule has 206 valence electrons. The normalized spacial score (nSPS) is 11.7. The van der Waals surface area contributed by atoms with Crippen molar-refractivity contribution in [3.8, 4) is 23.0 Å². The third-order valence-electron chi connectivity index (χ3n) is 5.60. The first-order valence-electron chi connectivity index (χ1n) is 12.0. The molecular formula is C29H36O9. The van der Waals surface area contributed by atoms with E-state index < -0.39 is 6.10 Å². The number of aliphatic hydroxyl groups excluding tert-OH is 1. The molecule has 0 aliphatic carbocycles. The van der Waals surface area contributed by atoms with E-state index in [9.17, 15) is 5.11 Å². The molecule has 38 heavy (non-hydrogen) atoms. The Morgan fingerprint density at radius 2 is 1.24 bits per heavy atom. The Morgan fingerprint density at radius 3 is 1.76 bits per heavy atom. The van der Waals surface area contributed by atoms with Gasteiger partial charge in [-0.05, 0) is 41.8 Å². The van der Waals surface area contributed by atoms with Crippen LogP contribution in [-0.4, -0.2) is 53.9 Å². The third kappa shape index (κ3) is 7.83. The number of hydrogen-bond acceptors (Lipinski definition) is 9. The minimum atomic E-state index is -1.23. The Morgan fingerprint density at radius 1 is 0.684 bits per heavy atom. The summed E-state index contributed by atoms with van der Waals surface area (Å²) in [5.41, 5.74) is 3.41. The minimum Gasteiger partial charge on any atom is -0.497 e. The molecular weight excluding hydrogens is 492 g/mol. The van der Waals surface area contributed by atoms with Crippen molar-refractivity contribution in [3.05, 3.63) is 82.4 Å². The Labute approximate surface area is 223 Å². The molecule has 9 nitrogen and oxygen atoms in total. The molecule has 0 saturated carbocycles. The average molecular weight is 529 g/mol. The summed E-state index contributed by atoms with van der Waals surface area (Å²) in [5.74, 6) is 1.71. The van der Waals surface area contributed by atoms with Gasteiger partial charge in [0.25, 0.3) is 0 Å². The lowest BCUT2D eigenvalue weighted by atomic mass is 9.93. The number of aryl methyl sites for hydroxylation is 1. The molecule has 3 aromatic carbocycles. The quantitative estimate of drug-likeness (QED) is 0.264. The summed E-state index contributed by atoms with van der Waals surface area (Å²) in [7, 11) is 6.13. The second-order valence-corrected chi connectivity index (χ2v) is 8.41. The Hall–Kier alpha value is -3.34. The van der Waals surface area contributed by atoms with Crippen LogP contribution in [0.25, 0.3) is 0 Å². The van der Waals surface area contributed by atoms with Gasteiger partial charge in [0.1, 0.15) is 29.1 Å². The summed E-state index contributed by atoms with van der Waals surface area (Å²) < 4.78 is 44.6. The summed E-state index contributed by atoms with van der Waals surface area (Å²) in [5, 5.41) is 11.9. The Balaban J connectivity index is 2.10. The molecule has 0 amide bonds. The van der Waals surface area contributed by atoms with Crippen LogP contribution in [0, 0.1) is 6.92 Å². The first-order valence-corrected chi connectivity index (χ1v) is 12.0. The van der Waals surface area contributed by atoms with Gasteiger partial charge in [0.05, 0.1) is 25.9 Å². The van der Waals surface area contributed by atoms with E-state index in [0.717, 1.165) is 11.1 Å². The molecule has 0 saturated heterocycles. The van der Waals surface area contributed by atoms with Crippen molar-refractivity contribution in [2.45, 2.75) is 26.2 Å². The molecule has 0 heterocycles. The largest absolute Gasteiger partial charge is 0.497 e. The van der Waals surface area contributed by atoms with Gasteiger partial charge in [0.15, 0.2) is 20.4 Å². The minimum absolute atomic E-state index is 0.0183. The maximum absolute atomic E-state index is 11.9. The fourth-order valence-corrected chi connectivity index (χ4v) is 3.93. The molecule has 0 aliphatic heterocycles. The van der Waals surface area contributed by atoms with Gasteiger partial charge in [0, 0.05) is 33.0 Å². The van der Waals surface area contributed by atoms with Crippen molar-refractivity contribution in [2.24, 2.45) is 0 Å². The predicted molar refractivity (Wildman–Crippen MR) is 141 cm³/mol. The first-order chi connectivity index (χ1) is 18.5.